The number of nitrogens with one attached hydrogen (secondary N) is 1. The van der Waals surface area contributed by atoms with E-state index in [1.165, 1.54) is 11.3 Å². The largest absolute Gasteiger partial charge is 0.478 e. The molecule has 0 aliphatic heterocycles. The number of carboxylic acids is 1. The number of anilines is 1. The first-order valence-corrected chi connectivity index (χ1v) is 7.22. The van der Waals surface area contributed by atoms with Crippen LogP contribution in [-0.2, 0) is 10.2 Å². The number of aromatic carboxylic acids is 1. The van der Waals surface area contributed by atoms with Gasteiger partial charge in [0, 0.05) is 4.88 Å². The van der Waals surface area contributed by atoms with Gasteiger partial charge < -0.3 is 20.3 Å². The second-order valence-corrected chi connectivity index (χ2v) is 7.69. The Bertz CT molecular complexity index is 482. The van der Waals surface area contributed by atoms with Crippen molar-refractivity contribution in [2.45, 2.75) is 59.0 Å². The maximum Gasteiger partial charge on any atom is 0.338 e. The van der Waals surface area contributed by atoms with Gasteiger partial charge >= 0.3 is 5.97 Å². The van der Waals surface area contributed by atoms with E-state index in [0.29, 0.717) is 5.00 Å². The van der Waals surface area contributed by atoms with E-state index < -0.39 is 18.0 Å². The molecule has 1 atom stereocenters. The van der Waals surface area contributed by atoms with Crippen LogP contribution in [0.5, 0.6) is 0 Å². The number of carboxylic acid groups (broad SMARTS) is 1. The molecule has 0 fully saturated rings. The van der Waals surface area contributed by atoms with Gasteiger partial charge in [0.2, 0.25) is 6.41 Å². The first-order valence-electron chi connectivity index (χ1n) is 6.40. The molecule has 1 aromatic rings. The van der Waals surface area contributed by atoms with E-state index in [-0.39, 0.29) is 11.0 Å². The van der Waals surface area contributed by atoms with Crippen LogP contribution < -0.4 is 5.32 Å². The molecule has 3 N–H and O–H groups in total. The maximum absolute atomic E-state index is 11.3. The van der Waals surface area contributed by atoms with Crippen LogP contribution in [0.2, 0.25) is 0 Å². The smallest absolute Gasteiger partial charge is 0.338 e. The molecule has 0 amide bonds. The Labute approximate surface area is 123 Å². The normalized spacial score (nSPS) is 14.2. The molecule has 1 rings (SSSR count). The van der Waals surface area contributed by atoms with E-state index in [9.17, 15) is 15.0 Å². The number of rotatable bonds is 4. The predicted octanol–water partition coefficient (Wildman–Crippen LogP) is 3.25. The van der Waals surface area contributed by atoms with E-state index in [1.54, 1.807) is 6.07 Å². The zero-order valence-electron chi connectivity index (χ0n) is 12.8. The Kier molecular flexibility index (Phi) is 4.84. The molecule has 6 heteroatoms. The highest BCUT2D eigenvalue weighted by Gasteiger charge is 2.25. The lowest BCUT2D eigenvalue weighted by atomic mass is 9.94. The zero-order chi connectivity index (χ0) is 15.7. The number of hydrogen-bond donors (Lipinski definition) is 3. The van der Waals surface area contributed by atoms with Gasteiger partial charge in [-0.05, 0) is 32.3 Å². The second-order valence-electron chi connectivity index (χ2n) is 6.64. The molecule has 0 saturated heterocycles. The van der Waals surface area contributed by atoms with Crippen LogP contribution in [0.1, 0.15) is 56.8 Å². The number of ether oxygens (including phenoxy) is 1. The number of hydrogen-bond acceptors (Lipinski definition) is 5. The number of aliphatic hydroxyl groups is 1. The maximum atomic E-state index is 11.3. The van der Waals surface area contributed by atoms with Crippen LogP contribution in [0.25, 0.3) is 0 Å². The predicted molar refractivity (Wildman–Crippen MR) is 80.4 cm³/mol. The molecule has 1 aromatic heterocycles. The highest BCUT2D eigenvalue weighted by molar-refractivity contribution is 7.16. The van der Waals surface area contributed by atoms with Gasteiger partial charge in [-0.2, -0.15) is 0 Å². The van der Waals surface area contributed by atoms with Gasteiger partial charge in [0.05, 0.1) is 11.2 Å². The molecule has 20 heavy (non-hydrogen) atoms. The highest BCUT2D eigenvalue weighted by Crippen LogP contribution is 2.36. The first-order chi connectivity index (χ1) is 8.90. The molecular formula is C14H23NO4S. The van der Waals surface area contributed by atoms with Gasteiger partial charge in [0.25, 0.3) is 0 Å². The van der Waals surface area contributed by atoms with Crippen molar-refractivity contribution < 1.29 is 19.7 Å². The summed E-state index contributed by atoms with van der Waals surface area (Å²) >= 11 is 1.32. The lowest BCUT2D eigenvalue weighted by molar-refractivity contribution is -0.148. The molecule has 0 saturated carbocycles. The van der Waals surface area contributed by atoms with E-state index in [0.717, 1.165) is 4.88 Å². The van der Waals surface area contributed by atoms with Crippen molar-refractivity contribution in [1.82, 2.24) is 0 Å². The Morgan fingerprint density at radius 3 is 2.25 bits per heavy atom. The fourth-order valence-electron chi connectivity index (χ4n) is 1.50. The summed E-state index contributed by atoms with van der Waals surface area (Å²) in [6.45, 7) is 11.5. The zero-order valence-corrected chi connectivity index (χ0v) is 13.6. The van der Waals surface area contributed by atoms with Gasteiger partial charge in [0.1, 0.15) is 5.00 Å². The summed E-state index contributed by atoms with van der Waals surface area (Å²) in [6.07, 6.45) is -1.25. The summed E-state index contributed by atoms with van der Waals surface area (Å²) in [6, 6.07) is 1.64. The van der Waals surface area contributed by atoms with Crippen molar-refractivity contribution in [1.29, 1.82) is 0 Å². The van der Waals surface area contributed by atoms with Gasteiger partial charge in [-0.1, -0.05) is 20.8 Å². The molecule has 0 bridgehead atoms. The monoisotopic (exact) mass is 301 g/mol. The Hall–Kier alpha value is -1.11. The van der Waals surface area contributed by atoms with Crippen LogP contribution in [0.15, 0.2) is 6.07 Å². The van der Waals surface area contributed by atoms with E-state index in [4.69, 9.17) is 4.74 Å². The van der Waals surface area contributed by atoms with E-state index in [2.05, 4.69) is 5.32 Å². The average Bonchev–Trinajstić information content (AvgIpc) is 2.57. The topological polar surface area (TPSA) is 78.8 Å². The van der Waals surface area contributed by atoms with Crippen molar-refractivity contribution in [2.75, 3.05) is 5.32 Å². The van der Waals surface area contributed by atoms with Crippen molar-refractivity contribution in [3.63, 3.8) is 0 Å². The molecule has 1 heterocycles. The van der Waals surface area contributed by atoms with Gasteiger partial charge in [0.15, 0.2) is 0 Å². The molecule has 5 nitrogen and oxygen atoms in total. The summed E-state index contributed by atoms with van der Waals surface area (Å²) in [4.78, 5) is 12.2. The average molecular weight is 301 g/mol. The molecule has 0 aliphatic carbocycles. The van der Waals surface area contributed by atoms with Crippen LogP contribution in [-0.4, -0.2) is 28.2 Å². The van der Waals surface area contributed by atoms with Gasteiger partial charge in [-0.25, -0.2) is 4.79 Å². The van der Waals surface area contributed by atoms with Gasteiger partial charge in [-0.15, -0.1) is 11.3 Å². The summed E-state index contributed by atoms with van der Waals surface area (Å²) in [7, 11) is 0. The third-order valence-electron chi connectivity index (χ3n) is 2.42. The van der Waals surface area contributed by atoms with Crippen LogP contribution in [0, 0.1) is 0 Å². The summed E-state index contributed by atoms with van der Waals surface area (Å²) < 4.78 is 5.33. The Morgan fingerprint density at radius 1 is 1.30 bits per heavy atom. The van der Waals surface area contributed by atoms with Crippen molar-refractivity contribution >= 4 is 22.3 Å². The first kappa shape index (κ1) is 16.9. The minimum absolute atomic E-state index is 0.148. The third kappa shape index (κ3) is 4.77. The second kappa shape index (κ2) is 5.71. The molecule has 1 unspecified atom stereocenters. The van der Waals surface area contributed by atoms with Gasteiger partial charge in [-0.3, -0.25) is 0 Å². The summed E-state index contributed by atoms with van der Waals surface area (Å²) in [5, 5.41) is 22.2. The standard InChI is InChI=1S/C14H23NO4S/c1-13(2,3)9-7-8(11(16)17)10(20-9)15-12(18)19-14(4,5)6/h7,12,15,18H,1-6H3,(H,16,17). The fraction of sp³-hybridized carbons (Fsp3) is 0.643. The minimum Gasteiger partial charge on any atom is -0.478 e. The van der Waals surface area contributed by atoms with E-state index >= 15 is 0 Å². The minimum atomic E-state index is -1.25. The molecule has 0 aromatic carbocycles. The third-order valence-corrected chi connectivity index (χ3v) is 3.91. The van der Waals surface area contributed by atoms with Crippen LogP contribution in [0.3, 0.4) is 0 Å². The van der Waals surface area contributed by atoms with Crippen LogP contribution in [0.4, 0.5) is 5.00 Å². The highest BCUT2D eigenvalue weighted by atomic mass is 32.1. The molecule has 0 aliphatic rings. The number of thiophene rings is 1. The molecule has 114 valence electrons. The SMILES string of the molecule is CC(C)(C)OC(O)Nc1sc(C(C)(C)C)cc1C(=O)O. The van der Waals surface area contributed by atoms with Crippen molar-refractivity contribution in [3.05, 3.63) is 16.5 Å². The lowest BCUT2D eigenvalue weighted by Gasteiger charge is -2.24. The Morgan fingerprint density at radius 2 is 1.85 bits per heavy atom. The van der Waals surface area contributed by atoms with Crippen molar-refractivity contribution in [2.24, 2.45) is 0 Å². The molecular weight excluding hydrogens is 278 g/mol. The quantitative estimate of drug-likeness (QED) is 0.744. The number of aliphatic hydroxyl groups excluding tert-OH is 1. The van der Waals surface area contributed by atoms with E-state index in [1.807, 2.05) is 41.5 Å². The number of carbonyl (C=O) groups is 1. The summed E-state index contributed by atoms with van der Waals surface area (Å²) in [5.74, 6) is -1.03. The lowest BCUT2D eigenvalue weighted by Crippen LogP contribution is -2.32. The molecule has 0 radical (unpaired) electrons. The van der Waals surface area contributed by atoms with Crippen LogP contribution >= 0.6 is 11.3 Å². The van der Waals surface area contributed by atoms with Crippen molar-refractivity contribution in [3.8, 4) is 0 Å². The Balaban J connectivity index is 2.99. The summed E-state index contributed by atoms with van der Waals surface area (Å²) in [5.41, 5.74) is -0.527. The fourth-order valence-corrected chi connectivity index (χ4v) is 2.62. The molecule has 0 spiro atoms.